The monoisotopic (exact) mass is 517 g/mol. The molecular formula is C30H51N3O4. The highest BCUT2D eigenvalue weighted by Crippen LogP contribution is 2.46. The van der Waals surface area contributed by atoms with E-state index in [-0.39, 0.29) is 18.1 Å². The molecule has 0 bridgehead atoms. The molecule has 0 saturated carbocycles. The van der Waals surface area contributed by atoms with E-state index >= 15 is 0 Å². The van der Waals surface area contributed by atoms with Crippen LogP contribution in [-0.4, -0.2) is 87.4 Å². The van der Waals surface area contributed by atoms with Gasteiger partial charge in [-0.25, -0.2) is 0 Å². The highest BCUT2D eigenvalue weighted by molar-refractivity contribution is 5.78. The average Bonchev–Trinajstić information content (AvgIpc) is 3.47. The number of hydrogen-bond acceptors (Lipinski definition) is 6. The van der Waals surface area contributed by atoms with Gasteiger partial charge in [0.1, 0.15) is 0 Å². The van der Waals surface area contributed by atoms with Crippen molar-refractivity contribution in [3.8, 4) is 17.2 Å². The zero-order valence-electron chi connectivity index (χ0n) is 24.5. The van der Waals surface area contributed by atoms with Crippen LogP contribution >= 0.6 is 0 Å². The van der Waals surface area contributed by atoms with E-state index in [4.69, 9.17) is 14.2 Å². The van der Waals surface area contributed by atoms with Gasteiger partial charge in [-0.05, 0) is 81.8 Å². The maximum Gasteiger partial charge on any atom is 0.236 e. The quantitative estimate of drug-likeness (QED) is 0.311. The van der Waals surface area contributed by atoms with Crippen molar-refractivity contribution in [3.63, 3.8) is 0 Å². The van der Waals surface area contributed by atoms with E-state index in [0.29, 0.717) is 24.3 Å². The van der Waals surface area contributed by atoms with Crippen molar-refractivity contribution in [1.82, 2.24) is 14.7 Å². The van der Waals surface area contributed by atoms with E-state index in [1.807, 2.05) is 0 Å². The molecule has 0 spiro atoms. The van der Waals surface area contributed by atoms with Gasteiger partial charge in [-0.15, -0.1) is 0 Å². The molecule has 1 aromatic rings. The second-order valence-electron chi connectivity index (χ2n) is 12.0. The number of hydrogen-bond donors (Lipinski definition) is 0. The smallest absolute Gasteiger partial charge is 0.236 e. The molecule has 1 fully saturated rings. The number of amides is 1. The number of unbranched alkanes of at least 4 members (excludes halogenated alkanes) is 1. The van der Waals surface area contributed by atoms with Gasteiger partial charge in [-0.2, -0.15) is 0 Å². The Hall–Kier alpha value is -1.99. The van der Waals surface area contributed by atoms with Crippen LogP contribution in [-0.2, 0) is 4.79 Å². The molecule has 0 unspecified atom stereocenters. The van der Waals surface area contributed by atoms with E-state index in [1.165, 1.54) is 18.4 Å². The van der Waals surface area contributed by atoms with Gasteiger partial charge in [0, 0.05) is 25.7 Å². The van der Waals surface area contributed by atoms with Gasteiger partial charge in [0.15, 0.2) is 11.5 Å². The molecule has 0 aromatic heterocycles. The number of nitrogens with zero attached hydrogens (tertiary/aromatic N) is 3. The SMILES string of the molecule is CCCCN(CCCN(C)C)C(=O)CN1C[C@H](c2cc(OC)c3c(c2)OCO3)C[C@@H]1CC(C)(C)CCC. The molecule has 1 saturated heterocycles. The molecule has 0 N–H and O–H groups in total. The molecule has 2 atom stereocenters. The molecule has 37 heavy (non-hydrogen) atoms. The van der Waals surface area contributed by atoms with Gasteiger partial charge in [0.2, 0.25) is 18.4 Å². The molecule has 0 aliphatic carbocycles. The lowest BCUT2D eigenvalue weighted by atomic mass is 9.80. The van der Waals surface area contributed by atoms with Crippen LogP contribution < -0.4 is 14.2 Å². The maximum absolute atomic E-state index is 13.6. The number of rotatable bonds is 15. The van der Waals surface area contributed by atoms with Crippen molar-refractivity contribution >= 4 is 5.91 Å². The number of carbonyl (C=O) groups is 1. The predicted molar refractivity (Wildman–Crippen MR) is 150 cm³/mol. The van der Waals surface area contributed by atoms with Crippen molar-refractivity contribution in [2.75, 3.05) is 60.7 Å². The van der Waals surface area contributed by atoms with Crippen molar-refractivity contribution in [1.29, 1.82) is 0 Å². The minimum atomic E-state index is 0.232. The molecule has 210 valence electrons. The minimum Gasteiger partial charge on any atom is -0.493 e. The minimum absolute atomic E-state index is 0.232. The normalized spacial score (nSPS) is 19.6. The number of fused-ring (bicyclic) bond motifs is 1. The zero-order valence-corrected chi connectivity index (χ0v) is 24.5. The van der Waals surface area contributed by atoms with Gasteiger partial charge in [-0.1, -0.05) is 40.5 Å². The summed E-state index contributed by atoms with van der Waals surface area (Å²) < 4.78 is 17.0. The Kier molecular flexibility index (Phi) is 10.9. The largest absolute Gasteiger partial charge is 0.493 e. The average molecular weight is 518 g/mol. The van der Waals surface area contributed by atoms with Crippen molar-refractivity contribution in [2.45, 2.75) is 84.6 Å². The van der Waals surface area contributed by atoms with Crippen LogP contribution in [0.25, 0.3) is 0 Å². The fourth-order valence-electron chi connectivity index (χ4n) is 6.00. The summed E-state index contributed by atoms with van der Waals surface area (Å²) in [5.41, 5.74) is 1.46. The number of benzene rings is 1. The Morgan fingerprint density at radius 1 is 1.11 bits per heavy atom. The predicted octanol–water partition coefficient (Wildman–Crippen LogP) is 5.38. The molecule has 2 heterocycles. The topological polar surface area (TPSA) is 54.5 Å². The summed E-state index contributed by atoms with van der Waals surface area (Å²) in [7, 11) is 5.87. The van der Waals surface area contributed by atoms with Gasteiger partial charge in [0.25, 0.3) is 0 Å². The fraction of sp³-hybridized carbons (Fsp3) is 0.767. The number of carbonyl (C=O) groups excluding carboxylic acids is 1. The highest BCUT2D eigenvalue weighted by Gasteiger charge is 2.38. The first kappa shape index (κ1) is 29.6. The second kappa shape index (κ2) is 13.7. The Balaban J connectivity index is 1.78. The maximum atomic E-state index is 13.6. The van der Waals surface area contributed by atoms with E-state index in [1.54, 1.807) is 7.11 Å². The lowest BCUT2D eigenvalue weighted by Gasteiger charge is -2.33. The van der Waals surface area contributed by atoms with Crippen LogP contribution in [0.15, 0.2) is 12.1 Å². The summed E-state index contributed by atoms with van der Waals surface area (Å²) in [6.07, 6.45) is 7.68. The van der Waals surface area contributed by atoms with Crippen LogP contribution in [0.5, 0.6) is 17.2 Å². The van der Waals surface area contributed by atoms with Gasteiger partial charge in [-0.3, -0.25) is 9.69 Å². The number of ether oxygens (including phenoxy) is 3. The van der Waals surface area contributed by atoms with E-state index in [0.717, 1.165) is 69.8 Å². The fourth-order valence-corrected chi connectivity index (χ4v) is 6.00. The zero-order chi connectivity index (χ0) is 27.0. The summed E-state index contributed by atoms with van der Waals surface area (Å²) in [5.74, 6) is 2.79. The summed E-state index contributed by atoms with van der Waals surface area (Å²) in [4.78, 5) is 20.4. The first-order chi connectivity index (χ1) is 17.7. The standard InChI is InChI=1S/C30H51N3O4/c1-8-10-14-32(15-11-13-31(5)6)28(34)21-33-20-24(16-25(33)19-30(3,4)12-9-2)23-17-26(35-7)29-27(18-23)36-22-37-29/h17-18,24-25H,8-16,19-22H2,1-7H3/t24-,25-/m1/s1. The highest BCUT2D eigenvalue weighted by atomic mass is 16.7. The van der Waals surface area contributed by atoms with E-state index in [2.05, 4.69) is 68.6 Å². The lowest BCUT2D eigenvalue weighted by molar-refractivity contribution is -0.133. The molecule has 7 nitrogen and oxygen atoms in total. The Bertz CT molecular complexity index is 873. The van der Waals surface area contributed by atoms with Gasteiger partial charge < -0.3 is 24.0 Å². The third-order valence-corrected chi connectivity index (χ3v) is 7.90. The molecule has 3 rings (SSSR count). The molecule has 7 heteroatoms. The lowest BCUT2D eigenvalue weighted by Crippen LogP contribution is -2.44. The second-order valence-corrected chi connectivity index (χ2v) is 12.0. The summed E-state index contributed by atoms with van der Waals surface area (Å²) >= 11 is 0. The van der Waals surface area contributed by atoms with Gasteiger partial charge in [0.05, 0.1) is 13.7 Å². The molecular weight excluding hydrogens is 466 g/mol. The van der Waals surface area contributed by atoms with E-state index in [9.17, 15) is 4.79 Å². The first-order valence-electron chi connectivity index (χ1n) is 14.3. The Morgan fingerprint density at radius 2 is 1.86 bits per heavy atom. The number of methoxy groups -OCH3 is 1. The molecule has 2 aliphatic heterocycles. The van der Waals surface area contributed by atoms with E-state index < -0.39 is 0 Å². The van der Waals surface area contributed by atoms with Gasteiger partial charge >= 0.3 is 0 Å². The van der Waals surface area contributed by atoms with Crippen LogP contribution in [0.2, 0.25) is 0 Å². The third-order valence-electron chi connectivity index (χ3n) is 7.90. The van der Waals surface area contributed by atoms with Crippen molar-refractivity contribution in [2.24, 2.45) is 5.41 Å². The molecule has 1 aromatic carbocycles. The molecule has 1 amide bonds. The van der Waals surface area contributed by atoms with Crippen molar-refractivity contribution < 1.29 is 19.0 Å². The van der Waals surface area contributed by atoms with Crippen LogP contribution in [0.4, 0.5) is 0 Å². The third kappa shape index (κ3) is 8.25. The molecule has 0 radical (unpaired) electrons. The van der Waals surface area contributed by atoms with Crippen LogP contribution in [0.3, 0.4) is 0 Å². The van der Waals surface area contributed by atoms with Crippen molar-refractivity contribution in [3.05, 3.63) is 17.7 Å². The molecule has 2 aliphatic rings. The summed E-state index contributed by atoms with van der Waals surface area (Å²) in [5, 5.41) is 0. The number of likely N-dealkylation sites (tertiary alicyclic amines) is 1. The summed E-state index contributed by atoms with van der Waals surface area (Å²) in [6.45, 7) is 13.5. The first-order valence-corrected chi connectivity index (χ1v) is 14.3. The van der Waals surface area contributed by atoms with Crippen LogP contribution in [0, 0.1) is 5.41 Å². The Morgan fingerprint density at radius 3 is 2.54 bits per heavy atom. The van der Waals surface area contributed by atoms with Crippen LogP contribution in [0.1, 0.15) is 84.1 Å². The summed E-state index contributed by atoms with van der Waals surface area (Å²) in [6, 6.07) is 4.60. The Labute approximate surface area is 225 Å².